The molecule has 0 aliphatic carbocycles. The predicted octanol–water partition coefficient (Wildman–Crippen LogP) is 4.07. The number of likely N-dealkylation sites (tertiary alicyclic amines) is 1. The molecule has 2 saturated heterocycles. The van der Waals surface area contributed by atoms with E-state index in [4.69, 9.17) is 4.74 Å². The number of rotatable bonds is 4. The van der Waals surface area contributed by atoms with Crippen molar-refractivity contribution >= 4 is 11.7 Å². The van der Waals surface area contributed by atoms with Crippen LogP contribution in [0.25, 0.3) is 0 Å². The number of pyridine rings is 1. The van der Waals surface area contributed by atoms with Crippen molar-refractivity contribution in [2.75, 3.05) is 31.1 Å². The molecule has 2 fully saturated rings. The summed E-state index contributed by atoms with van der Waals surface area (Å²) >= 11 is 0. The average molecular weight is 451 g/mol. The van der Waals surface area contributed by atoms with Crippen LogP contribution in [-0.2, 0) is 22.1 Å². The van der Waals surface area contributed by atoms with Crippen LogP contribution in [0.15, 0.2) is 42.6 Å². The fraction of sp³-hybridized carbons (Fsp3) is 0.478. The Bertz CT molecular complexity index is 974. The summed E-state index contributed by atoms with van der Waals surface area (Å²) < 4.78 is 60.5. The van der Waals surface area contributed by atoms with Crippen LogP contribution in [0.4, 0.5) is 23.4 Å². The Balaban J connectivity index is 1.46. The molecule has 0 radical (unpaired) electrons. The lowest BCUT2D eigenvalue weighted by Crippen LogP contribution is -2.62. The highest BCUT2D eigenvalue weighted by molar-refractivity contribution is 5.97. The summed E-state index contributed by atoms with van der Waals surface area (Å²) in [5, 5.41) is 0. The van der Waals surface area contributed by atoms with Gasteiger partial charge in [-0.25, -0.2) is 9.37 Å². The third kappa shape index (κ3) is 4.63. The highest BCUT2D eigenvalue weighted by Crippen LogP contribution is 2.39. The number of alkyl halides is 3. The van der Waals surface area contributed by atoms with E-state index in [1.165, 1.54) is 18.3 Å². The Labute approximate surface area is 184 Å². The van der Waals surface area contributed by atoms with Gasteiger partial charge in [-0.3, -0.25) is 9.69 Å². The van der Waals surface area contributed by atoms with E-state index in [1.54, 1.807) is 25.1 Å². The van der Waals surface area contributed by atoms with Crippen LogP contribution >= 0.6 is 0 Å². The van der Waals surface area contributed by atoms with Gasteiger partial charge in [-0.05, 0) is 49.9 Å². The zero-order valence-electron chi connectivity index (χ0n) is 17.7. The molecule has 1 amide bonds. The normalized spacial score (nSPS) is 21.8. The number of piperidine rings is 1. The summed E-state index contributed by atoms with van der Waals surface area (Å²) in [4.78, 5) is 20.0. The number of halogens is 4. The number of carbonyl (C=O) groups is 1. The van der Waals surface area contributed by atoms with Crippen LogP contribution in [0.3, 0.4) is 0 Å². The molecule has 2 aliphatic rings. The van der Waals surface area contributed by atoms with E-state index in [1.807, 2.05) is 0 Å². The maximum Gasteiger partial charge on any atom is 0.419 e. The van der Waals surface area contributed by atoms with Crippen LogP contribution in [-0.4, -0.2) is 53.7 Å². The quantitative estimate of drug-likeness (QED) is 0.658. The van der Waals surface area contributed by atoms with E-state index >= 15 is 0 Å². The number of ether oxygens (including phenoxy) is 1. The van der Waals surface area contributed by atoms with Gasteiger partial charge in [0.2, 0.25) is 0 Å². The molecule has 1 spiro atoms. The molecule has 9 heteroatoms. The second-order valence-electron chi connectivity index (χ2n) is 8.42. The Morgan fingerprint density at radius 1 is 1.16 bits per heavy atom. The van der Waals surface area contributed by atoms with E-state index in [2.05, 4.69) is 9.88 Å². The molecule has 4 rings (SSSR count). The Hall–Kier alpha value is -2.52. The molecule has 3 heterocycles. The van der Waals surface area contributed by atoms with Crippen LogP contribution in [0.1, 0.15) is 30.9 Å². The third-order valence-corrected chi connectivity index (χ3v) is 6.26. The van der Waals surface area contributed by atoms with Crippen LogP contribution < -0.4 is 4.90 Å². The minimum absolute atomic E-state index is 0.0252. The topological polar surface area (TPSA) is 45.7 Å². The van der Waals surface area contributed by atoms with Crippen LogP contribution in [0.5, 0.6) is 0 Å². The summed E-state index contributed by atoms with van der Waals surface area (Å²) in [7, 11) is 0. The number of aromatic nitrogens is 1. The molecule has 5 nitrogen and oxygen atoms in total. The van der Waals surface area contributed by atoms with Crippen molar-refractivity contribution in [3.63, 3.8) is 0 Å². The Morgan fingerprint density at radius 2 is 1.88 bits per heavy atom. The Kier molecular flexibility index (Phi) is 6.22. The number of hydrogen-bond acceptors (Lipinski definition) is 4. The largest absolute Gasteiger partial charge is 0.419 e. The number of anilines is 1. The van der Waals surface area contributed by atoms with E-state index in [9.17, 15) is 22.4 Å². The van der Waals surface area contributed by atoms with E-state index in [0.717, 1.165) is 11.0 Å². The molecule has 0 saturated carbocycles. The highest BCUT2D eigenvalue weighted by atomic mass is 19.4. The molecular weight excluding hydrogens is 426 g/mol. The smallest absolute Gasteiger partial charge is 0.360 e. The van der Waals surface area contributed by atoms with Crippen LogP contribution in [0.2, 0.25) is 0 Å². The number of morpholine rings is 1. The number of nitrogens with zero attached hydrogens (tertiary/aromatic N) is 3. The minimum atomic E-state index is -4.62. The molecule has 0 bridgehead atoms. The summed E-state index contributed by atoms with van der Waals surface area (Å²) in [5.74, 6) is -1.13. The predicted molar refractivity (Wildman–Crippen MR) is 111 cm³/mol. The lowest BCUT2D eigenvalue weighted by Gasteiger charge is -2.49. The van der Waals surface area contributed by atoms with E-state index in [-0.39, 0.29) is 18.2 Å². The van der Waals surface area contributed by atoms with E-state index in [0.29, 0.717) is 44.5 Å². The van der Waals surface area contributed by atoms with Gasteiger partial charge in [0.05, 0.1) is 17.7 Å². The maximum absolute atomic E-state index is 13.9. The summed E-state index contributed by atoms with van der Waals surface area (Å²) in [6.45, 7) is 3.57. The van der Waals surface area contributed by atoms with Gasteiger partial charge in [0, 0.05) is 25.8 Å². The van der Waals surface area contributed by atoms with Crippen molar-refractivity contribution in [3.8, 4) is 0 Å². The first-order valence-corrected chi connectivity index (χ1v) is 10.7. The highest BCUT2D eigenvalue weighted by Gasteiger charge is 2.48. The molecule has 1 atom stereocenters. The second kappa shape index (κ2) is 8.78. The molecule has 1 aromatic heterocycles. The van der Waals surface area contributed by atoms with Gasteiger partial charge in [0.15, 0.2) is 0 Å². The number of amides is 1. The van der Waals surface area contributed by atoms with Gasteiger partial charge in [-0.15, -0.1) is 0 Å². The van der Waals surface area contributed by atoms with Crippen molar-refractivity contribution < 1.29 is 27.1 Å². The standard InChI is InChI=1S/C23H25F4N3O2/c1-16-21(31)30(20-18(23(25,26)27)6-4-11-28-20)15-22(32-16)9-13-29(14-10-22)12-8-17-5-2-3-7-19(17)24/h2-7,11,16H,8-10,12-15H2,1H3/t16-/m1/s1. The first kappa shape index (κ1) is 22.7. The van der Waals surface area contributed by atoms with Crippen molar-refractivity contribution in [2.45, 2.75) is 44.1 Å². The summed E-state index contributed by atoms with van der Waals surface area (Å²) in [6, 6.07) is 8.82. The number of hydrogen-bond donors (Lipinski definition) is 0. The molecular formula is C23H25F4N3O2. The van der Waals surface area contributed by atoms with Gasteiger partial charge in [-0.1, -0.05) is 18.2 Å². The van der Waals surface area contributed by atoms with Gasteiger partial charge in [0.1, 0.15) is 17.7 Å². The van der Waals surface area contributed by atoms with Crippen molar-refractivity contribution in [3.05, 3.63) is 59.5 Å². The number of carbonyl (C=O) groups excluding carboxylic acids is 1. The third-order valence-electron chi connectivity index (χ3n) is 6.26. The Morgan fingerprint density at radius 3 is 2.56 bits per heavy atom. The molecule has 2 aliphatic heterocycles. The van der Waals surface area contributed by atoms with Crippen molar-refractivity contribution in [2.24, 2.45) is 0 Å². The summed E-state index contributed by atoms with van der Waals surface area (Å²) in [5.41, 5.74) is -1.01. The molecule has 2 aromatic rings. The van der Waals surface area contributed by atoms with Gasteiger partial charge in [0.25, 0.3) is 5.91 Å². The van der Waals surface area contributed by atoms with Gasteiger partial charge < -0.3 is 9.64 Å². The lowest BCUT2D eigenvalue weighted by atomic mass is 9.88. The van der Waals surface area contributed by atoms with Crippen molar-refractivity contribution in [1.82, 2.24) is 9.88 Å². The second-order valence-corrected chi connectivity index (χ2v) is 8.42. The lowest BCUT2D eigenvalue weighted by molar-refractivity contribution is -0.162. The van der Waals surface area contributed by atoms with Gasteiger partial charge in [-0.2, -0.15) is 13.2 Å². The SMILES string of the molecule is C[C@H]1OC2(CCN(CCc3ccccc3F)CC2)CN(c2ncccc2C(F)(F)F)C1=O. The molecule has 0 N–H and O–H groups in total. The maximum atomic E-state index is 13.9. The average Bonchev–Trinajstić information content (AvgIpc) is 2.76. The zero-order valence-corrected chi connectivity index (χ0v) is 17.7. The molecule has 172 valence electrons. The first-order chi connectivity index (χ1) is 15.2. The minimum Gasteiger partial charge on any atom is -0.360 e. The van der Waals surface area contributed by atoms with Crippen molar-refractivity contribution in [1.29, 1.82) is 0 Å². The molecule has 32 heavy (non-hydrogen) atoms. The first-order valence-electron chi connectivity index (χ1n) is 10.7. The van der Waals surface area contributed by atoms with E-state index < -0.39 is 29.4 Å². The fourth-order valence-corrected chi connectivity index (χ4v) is 4.50. The molecule has 0 unspecified atom stereocenters. The van der Waals surface area contributed by atoms with Gasteiger partial charge >= 0.3 is 6.18 Å². The fourth-order valence-electron chi connectivity index (χ4n) is 4.50. The zero-order chi connectivity index (χ0) is 22.9. The number of benzene rings is 1. The summed E-state index contributed by atoms with van der Waals surface area (Å²) in [6.07, 6.45) is -2.52. The van der Waals surface area contributed by atoms with Crippen LogP contribution in [0, 0.1) is 5.82 Å². The monoisotopic (exact) mass is 451 g/mol. The molecule has 1 aromatic carbocycles.